The summed E-state index contributed by atoms with van der Waals surface area (Å²) in [6.07, 6.45) is 0. The zero-order chi connectivity index (χ0) is 23.5. The van der Waals surface area contributed by atoms with Crippen LogP contribution in [0.5, 0.6) is 5.75 Å². The molecule has 0 radical (unpaired) electrons. The van der Waals surface area contributed by atoms with Crippen LogP contribution in [0, 0.1) is 0 Å². The molecule has 0 saturated carbocycles. The van der Waals surface area contributed by atoms with E-state index in [1.807, 2.05) is 6.92 Å². The van der Waals surface area contributed by atoms with Crippen LogP contribution < -0.4 is 15.4 Å². The van der Waals surface area contributed by atoms with Gasteiger partial charge in [0.25, 0.3) is 0 Å². The van der Waals surface area contributed by atoms with Crippen LogP contribution >= 0.6 is 0 Å². The van der Waals surface area contributed by atoms with Gasteiger partial charge in [0, 0.05) is 16.8 Å². The fourth-order valence-electron chi connectivity index (χ4n) is 3.85. The number of nitrogens with zero attached hydrogens (tertiary/aromatic N) is 1. The van der Waals surface area contributed by atoms with Gasteiger partial charge in [-0.1, -0.05) is 18.2 Å². The van der Waals surface area contributed by atoms with Gasteiger partial charge < -0.3 is 20.1 Å². The van der Waals surface area contributed by atoms with Crippen LogP contribution in [-0.2, 0) is 14.3 Å². The minimum absolute atomic E-state index is 0.0799. The first-order chi connectivity index (χ1) is 15.9. The maximum Gasteiger partial charge on any atom is 0.338 e. The highest BCUT2D eigenvalue weighted by atomic mass is 16.5. The second-order valence-corrected chi connectivity index (χ2v) is 7.56. The van der Waals surface area contributed by atoms with E-state index >= 15 is 0 Å². The monoisotopic (exact) mass is 449 g/mol. The van der Waals surface area contributed by atoms with Gasteiger partial charge in [-0.2, -0.15) is 0 Å². The Balaban J connectivity index is 1.57. The summed E-state index contributed by atoms with van der Waals surface area (Å²) in [5, 5.41) is 5.50. The molecule has 2 aromatic carbocycles. The van der Waals surface area contributed by atoms with E-state index in [0.717, 1.165) is 0 Å². The van der Waals surface area contributed by atoms with Crippen molar-refractivity contribution in [3.63, 3.8) is 0 Å². The lowest BCUT2D eigenvalue weighted by Crippen LogP contribution is -2.49. The highest BCUT2D eigenvalue weighted by Gasteiger charge is 2.43. The quantitative estimate of drug-likeness (QED) is 0.496. The minimum atomic E-state index is -0.747. The van der Waals surface area contributed by atoms with Crippen LogP contribution in [0.25, 0.3) is 0 Å². The third kappa shape index (κ3) is 4.43. The van der Waals surface area contributed by atoms with Crippen molar-refractivity contribution in [2.24, 2.45) is 0 Å². The Kier molecular flexibility index (Phi) is 6.12. The molecule has 3 amide bonds. The summed E-state index contributed by atoms with van der Waals surface area (Å²) in [5.74, 6) is -0.535. The van der Waals surface area contributed by atoms with E-state index in [0.29, 0.717) is 34.9 Å². The predicted octanol–water partition coefficient (Wildman–Crippen LogP) is 2.80. The summed E-state index contributed by atoms with van der Waals surface area (Å²) in [7, 11) is 0. The molecule has 2 heterocycles. The molecule has 1 atom stereocenters. The number of carbonyl (C=O) groups is 4. The molecule has 9 nitrogen and oxygen atoms in total. The number of hydrogen-bond donors (Lipinski definition) is 2. The van der Waals surface area contributed by atoms with Gasteiger partial charge in [-0.05, 0) is 44.2 Å². The number of carbonyl (C=O) groups excluding carboxylic acids is 4. The third-order valence-electron chi connectivity index (χ3n) is 5.41. The maximum atomic E-state index is 13.0. The average Bonchev–Trinajstić information content (AvgIpc) is 3.18. The van der Waals surface area contributed by atoms with E-state index in [-0.39, 0.29) is 24.5 Å². The molecule has 33 heavy (non-hydrogen) atoms. The molecule has 2 aliphatic rings. The smallest absolute Gasteiger partial charge is 0.338 e. The van der Waals surface area contributed by atoms with Crippen molar-refractivity contribution < 1.29 is 28.7 Å². The number of urea groups is 1. The second-order valence-electron chi connectivity index (χ2n) is 7.56. The number of amides is 3. The molecule has 0 aromatic heterocycles. The molecule has 0 unspecified atom stereocenters. The number of anilines is 1. The molecule has 9 heteroatoms. The van der Waals surface area contributed by atoms with Crippen LogP contribution in [-0.4, -0.2) is 48.3 Å². The highest BCUT2D eigenvalue weighted by molar-refractivity contribution is 6.00. The lowest BCUT2D eigenvalue weighted by molar-refractivity contribution is -0.136. The van der Waals surface area contributed by atoms with Crippen LogP contribution in [0.2, 0.25) is 0 Å². The Labute approximate surface area is 190 Å². The van der Waals surface area contributed by atoms with Gasteiger partial charge >= 0.3 is 12.0 Å². The Morgan fingerprint density at radius 3 is 2.58 bits per heavy atom. The summed E-state index contributed by atoms with van der Waals surface area (Å²) in [5.41, 5.74) is 2.27. The van der Waals surface area contributed by atoms with Gasteiger partial charge in [-0.15, -0.1) is 0 Å². The largest absolute Gasteiger partial charge is 0.494 e. The normalized spacial score (nSPS) is 17.3. The van der Waals surface area contributed by atoms with Gasteiger partial charge in [-0.3, -0.25) is 14.5 Å². The summed E-state index contributed by atoms with van der Waals surface area (Å²) in [4.78, 5) is 50.8. The van der Waals surface area contributed by atoms with Crippen LogP contribution in [0.1, 0.15) is 35.8 Å². The van der Waals surface area contributed by atoms with Crippen molar-refractivity contribution in [1.82, 2.24) is 10.2 Å². The van der Waals surface area contributed by atoms with Crippen molar-refractivity contribution >= 4 is 29.4 Å². The molecule has 2 aliphatic heterocycles. The van der Waals surface area contributed by atoms with Crippen molar-refractivity contribution in [2.45, 2.75) is 19.9 Å². The van der Waals surface area contributed by atoms with Crippen molar-refractivity contribution in [1.29, 1.82) is 0 Å². The van der Waals surface area contributed by atoms with E-state index in [9.17, 15) is 19.2 Å². The molecule has 2 N–H and O–H groups in total. The Morgan fingerprint density at radius 2 is 1.88 bits per heavy atom. The second kappa shape index (κ2) is 9.15. The van der Waals surface area contributed by atoms with Crippen LogP contribution in [0.3, 0.4) is 0 Å². The molecule has 4 rings (SSSR count). The first-order valence-electron chi connectivity index (χ1n) is 10.5. The zero-order valence-electron chi connectivity index (χ0n) is 18.2. The topological polar surface area (TPSA) is 114 Å². The summed E-state index contributed by atoms with van der Waals surface area (Å²) in [6.45, 7) is 3.32. The molecule has 0 aliphatic carbocycles. The summed E-state index contributed by atoms with van der Waals surface area (Å²) in [6, 6.07) is 12.3. The predicted molar refractivity (Wildman–Crippen MR) is 119 cm³/mol. The number of para-hydroxylation sites is 1. The zero-order valence-corrected chi connectivity index (χ0v) is 18.2. The van der Waals surface area contributed by atoms with Gasteiger partial charge in [0.2, 0.25) is 5.91 Å². The fraction of sp³-hybridized carbons (Fsp3) is 0.250. The molecule has 0 saturated heterocycles. The molecule has 0 bridgehead atoms. The number of Topliss-reactive ketones (excluding diaryl/α,β-unsaturated/α-hetero) is 1. The van der Waals surface area contributed by atoms with E-state index in [1.165, 1.54) is 11.8 Å². The van der Waals surface area contributed by atoms with Crippen molar-refractivity contribution in [3.05, 3.63) is 70.9 Å². The summed E-state index contributed by atoms with van der Waals surface area (Å²) < 4.78 is 10.9. The molecular weight excluding hydrogens is 426 g/mol. The standard InChI is InChI=1S/C24H23N3O6/c1-3-32-19-7-5-4-6-17(19)22-21-18(13-33-23(21)30)27(24(31)26-22)12-20(29)25-16-10-8-15(9-11-16)14(2)28/h4-11,22H,3,12-13H2,1-2H3,(H,25,29)(H,26,31)/t22-/m1/s1. The number of benzene rings is 2. The molecule has 2 aromatic rings. The number of rotatable bonds is 7. The SMILES string of the molecule is CCOc1ccccc1[C@H]1NC(=O)N(CC(=O)Nc2ccc(C(C)=O)cc2)C2=C1C(=O)OC2. The van der Waals surface area contributed by atoms with E-state index in [4.69, 9.17) is 9.47 Å². The summed E-state index contributed by atoms with van der Waals surface area (Å²) >= 11 is 0. The van der Waals surface area contributed by atoms with E-state index in [2.05, 4.69) is 10.6 Å². The number of cyclic esters (lactones) is 1. The van der Waals surface area contributed by atoms with Crippen LogP contribution in [0.4, 0.5) is 10.5 Å². The molecule has 0 spiro atoms. The number of ether oxygens (including phenoxy) is 2. The first-order valence-corrected chi connectivity index (χ1v) is 10.5. The van der Waals surface area contributed by atoms with Crippen LogP contribution in [0.15, 0.2) is 59.8 Å². The third-order valence-corrected chi connectivity index (χ3v) is 5.41. The Bertz CT molecular complexity index is 1160. The Morgan fingerprint density at radius 1 is 1.15 bits per heavy atom. The van der Waals surface area contributed by atoms with Gasteiger partial charge in [0.1, 0.15) is 18.9 Å². The fourth-order valence-corrected chi connectivity index (χ4v) is 3.85. The van der Waals surface area contributed by atoms with E-state index in [1.54, 1.807) is 48.5 Å². The number of nitrogens with one attached hydrogen (secondary N) is 2. The maximum absolute atomic E-state index is 13.0. The van der Waals surface area contributed by atoms with E-state index < -0.39 is 23.9 Å². The number of esters is 1. The molecule has 170 valence electrons. The number of hydrogen-bond acceptors (Lipinski definition) is 6. The molecule has 0 fully saturated rings. The number of ketones is 1. The Hall–Kier alpha value is -4.14. The van der Waals surface area contributed by atoms with Gasteiger partial charge in [0.15, 0.2) is 5.78 Å². The van der Waals surface area contributed by atoms with Gasteiger partial charge in [0.05, 0.1) is 23.9 Å². The average molecular weight is 449 g/mol. The van der Waals surface area contributed by atoms with Crippen molar-refractivity contribution in [3.8, 4) is 5.75 Å². The lowest BCUT2D eigenvalue weighted by Gasteiger charge is -2.33. The minimum Gasteiger partial charge on any atom is -0.494 e. The highest BCUT2D eigenvalue weighted by Crippen LogP contribution is 2.38. The van der Waals surface area contributed by atoms with Gasteiger partial charge in [-0.25, -0.2) is 9.59 Å². The lowest BCUT2D eigenvalue weighted by atomic mass is 9.95. The first kappa shape index (κ1) is 22.1. The molecular formula is C24H23N3O6. The van der Waals surface area contributed by atoms with Crippen molar-refractivity contribution in [2.75, 3.05) is 25.1 Å².